The number of rotatable bonds is 6. The fourth-order valence-electron chi connectivity index (χ4n) is 2.07. The van der Waals surface area contributed by atoms with Gasteiger partial charge in [-0.15, -0.1) is 0 Å². The van der Waals surface area contributed by atoms with Crippen molar-refractivity contribution in [1.29, 1.82) is 0 Å². The molecule has 0 aliphatic carbocycles. The summed E-state index contributed by atoms with van der Waals surface area (Å²) in [6.45, 7) is 2.73. The second kappa shape index (κ2) is 7.09. The molecule has 0 aliphatic rings. The zero-order valence-electron chi connectivity index (χ0n) is 12.5. The van der Waals surface area contributed by atoms with Crippen molar-refractivity contribution < 1.29 is 13.9 Å². The van der Waals surface area contributed by atoms with Crippen molar-refractivity contribution in [1.82, 2.24) is 5.32 Å². The minimum Gasteiger partial charge on any atom is -0.497 e. The highest BCUT2D eigenvalue weighted by atomic mass is 19.1. The van der Waals surface area contributed by atoms with Gasteiger partial charge in [0.15, 0.2) is 0 Å². The van der Waals surface area contributed by atoms with Crippen LogP contribution in [0.25, 0.3) is 0 Å². The molecule has 0 spiro atoms. The van der Waals surface area contributed by atoms with Gasteiger partial charge in [-0.2, -0.15) is 0 Å². The van der Waals surface area contributed by atoms with E-state index in [-0.39, 0.29) is 11.9 Å². The van der Waals surface area contributed by atoms with Crippen molar-refractivity contribution in [3.05, 3.63) is 59.4 Å². The molecule has 0 saturated carbocycles. The van der Waals surface area contributed by atoms with Crippen LogP contribution in [0.4, 0.5) is 4.39 Å². The van der Waals surface area contributed by atoms with Gasteiger partial charge in [-0.25, -0.2) is 4.39 Å². The van der Waals surface area contributed by atoms with E-state index in [0.717, 1.165) is 22.6 Å². The van der Waals surface area contributed by atoms with Crippen LogP contribution in [-0.2, 0) is 6.54 Å². The highest BCUT2D eigenvalue weighted by Gasteiger charge is 2.09. The molecule has 0 saturated heterocycles. The summed E-state index contributed by atoms with van der Waals surface area (Å²) in [5.74, 6) is 1.31. The molecule has 0 radical (unpaired) electrons. The third-order valence-corrected chi connectivity index (χ3v) is 3.40. The largest absolute Gasteiger partial charge is 0.497 e. The normalized spacial score (nSPS) is 12.0. The van der Waals surface area contributed by atoms with E-state index < -0.39 is 0 Å². The average Bonchev–Trinajstić information content (AvgIpc) is 2.53. The van der Waals surface area contributed by atoms with Crippen LogP contribution >= 0.6 is 0 Å². The molecular formula is C17H20FNO2. The van der Waals surface area contributed by atoms with E-state index in [9.17, 15) is 4.39 Å². The molecule has 0 bridgehead atoms. The SMILES string of the molecule is COc1cc(OC)cc(C(C)NCc2ccc(F)cc2)c1. The van der Waals surface area contributed by atoms with Crippen LogP contribution in [0.5, 0.6) is 11.5 Å². The van der Waals surface area contributed by atoms with Crippen LogP contribution in [0.1, 0.15) is 24.1 Å². The number of ether oxygens (including phenoxy) is 2. The fourth-order valence-corrected chi connectivity index (χ4v) is 2.07. The molecule has 1 N–H and O–H groups in total. The summed E-state index contributed by atoms with van der Waals surface area (Å²) in [4.78, 5) is 0. The van der Waals surface area contributed by atoms with Gasteiger partial charge in [-0.1, -0.05) is 12.1 Å². The van der Waals surface area contributed by atoms with Crippen molar-refractivity contribution in [2.45, 2.75) is 19.5 Å². The van der Waals surface area contributed by atoms with Crippen LogP contribution in [-0.4, -0.2) is 14.2 Å². The van der Waals surface area contributed by atoms with Crippen LogP contribution in [0.2, 0.25) is 0 Å². The summed E-state index contributed by atoms with van der Waals surface area (Å²) < 4.78 is 23.4. The Kier molecular flexibility index (Phi) is 5.17. The Bertz CT molecular complexity index is 562. The number of halogens is 1. The van der Waals surface area contributed by atoms with E-state index >= 15 is 0 Å². The number of methoxy groups -OCH3 is 2. The zero-order valence-corrected chi connectivity index (χ0v) is 12.5. The molecule has 112 valence electrons. The van der Waals surface area contributed by atoms with Gasteiger partial charge < -0.3 is 14.8 Å². The number of nitrogens with one attached hydrogen (secondary N) is 1. The maximum atomic E-state index is 12.9. The molecule has 2 aromatic carbocycles. The van der Waals surface area contributed by atoms with E-state index in [1.54, 1.807) is 26.4 Å². The van der Waals surface area contributed by atoms with Gasteiger partial charge in [0.1, 0.15) is 17.3 Å². The van der Waals surface area contributed by atoms with Crippen molar-refractivity contribution >= 4 is 0 Å². The Labute approximate surface area is 124 Å². The molecule has 0 fully saturated rings. The van der Waals surface area contributed by atoms with Gasteiger partial charge in [-0.3, -0.25) is 0 Å². The van der Waals surface area contributed by atoms with Gasteiger partial charge in [0, 0.05) is 18.7 Å². The topological polar surface area (TPSA) is 30.5 Å². The summed E-state index contributed by atoms with van der Waals surface area (Å²) in [5.41, 5.74) is 2.12. The molecule has 4 heteroatoms. The minimum absolute atomic E-state index is 0.124. The second-order valence-corrected chi connectivity index (χ2v) is 4.88. The van der Waals surface area contributed by atoms with E-state index in [2.05, 4.69) is 12.2 Å². The second-order valence-electron chi connectivity index (χ2n) is 4.88. The van der Waals surface area contributed by atoms with Crippen molar-refractivity contribution in [3.63, 3.8) is 0 Å². The Morgan fingerprint density at radius 2 is 1.57 bits per heavy atom. The van der Waals surface area contributed by atoms with Gasteiger partial charge in [0.25, 0.3) is 0 Å². The molecule has 2 aromatic rings. The Hall–Kier alpha value is -2.07. The summed E-state index contributed by atoms with van der Waals surface area (Å²) >= 11 is 0. The molecule has 3 nitrogen and oxygen atoms in total. The van der Waals surface area contributed by atoms with Gasteiger partial charge in [0.2, 0.25) is 0 Å². The summed E-state index contributed by atoms with van der Waals surface area (Å²) in [6.07, 6.45) is 0. The van der Waals surface area contributed by atoms with Crippen molar-refractivity contribution in [3.8, 4) is 11.5 Å². The van der Waals surface area contributed by atoms with E-state index in [1.807, 2.05) is 18.2 Å². The monoisotopic (exact) mass is 289 g/mol. The van der Waals surface area contributed by atoms with Crippen LogP contribution in [0.3, 0.4) is 0 Å². The lowest BCUT2D eigenvalue weighted by Crippen LogP contribution is -2.18. The first-order valence-electron chi connectivity index (χ1n) is 6.83. The molecule has 0 amide bonds. The minimum atomic E-state index is -0.218. The molecule has 1 atom stereocenters. The Morgan fingerprint density at radius 3 is 2.10 bits per heavy atom. The predicted octanol–water partition coefficient (Wildman–Crippen LogP) is 3.69. The molecule has 0 heterocycles. The van der Waals surface area contributed by atoms with E-state index in [1.165, 1.54) is 12.1 Å². The van der Waals surface area contributed by atoms with Gasteiger partial charge in [0.05, 0.1) is 14.2 Å². The lowest BCUT2D eigenvalue weighted by Gasteiger charge is -2.16. The highest BCUT2D eigenvalue weighted by molar-refractivity contribution is 5.39. The summed E-state index contributed by atoms with van der Waals surface area (Å²) in [6, 6.07) is 12.4. The number of hydrogen-bond donors (Lipinski definition) is 1. The molecule has 0 aliphatic heterocycles. The summed E-state index contributed by atoms with van der Waals surface area (Å²) in [5, 5.41) is 3.40. The third-order valence-electron chi connectivity index (χ3n) is 3.40. The van der Waals surface area contributed by atoms with E-state index in [4.69, 9.17) is 9.47 Å². The maximum Gasteiger partial charge on any atom is 0.123 e. The molecular weight excluding hydrogens is 269 g/mol. The quantitative estimate of drug-likeness (QED) is 0.879. The number of hydrogen-bond acceptors (Lipinski definition) is 3. The number of benzene rings is 2. The van der Waals surface area contributed by atoms with Gasteiger partial charge in [-0.05, 0) is 42.3 Å². The molecule has 21 heavy (non-hydrogen) atoms. The smallest absolute Gasteiger partial charge is 0.123 e. The lowest BCUT2D eigenvalue weighted by atomic mass is 10.1. The first kappa shape index (κ1) is 15.3. The molecule has 1 unspecified atom stereocenters. The van der Waals surface area contributed by atoms with E-state index in [0.29, 0.717) is 6.54 Å². The van der Waals surface area contributed by atoms with Crippen molar-refractivity contribution in [2.24, 2.45) is 0 Å². The van der Waals surface area contributed by atoms with Crippen molar-refractivity contribution in [2.75, 3.05) is 14.2 Å². The average molecular weight is 289 g/mol. The Balaban J connectivity index is 2.05. The first-order valence-corrected chi connectivity index (χ1v) is 6.83. The lowest BCUT2D eigenvalue weighted by molar-refractivity contribution is 0.392. The standard InChI is InChI=1S/C17H20FNO2/c1-12(19-11-13-4-6-15(18)7-5-13)14-8-16(20-2)10-17(9-14)21-3/h4-10,12,19H,11H2,1-3H3. The fraction of sp³-hybridized carbons (Fsp3) is 0.294. The van der Waals surface area contributed by atoms with Gasteiger partial charge >= 0.3 is 0 Å². The van der Waals surface area contributed by atoms with Crippen LogP contribution < -0.4 is 14.8 Å². The van der Waals surface area contributed by atoms with Crippen LogP contribution in [0.15, 0.2) is 42.5 Å². The highest BCUT2D eigenvalue weighted by Crippen LogP contribution is 2.26. The predicted molar refractivity (Wildman–Crippen MR) is 81.2 cm³/mol. The third kappa shape index (κ3) is 4.20. The maximum absolute atomic E-state index is 12.9. The zero-order chi connectivity index (χ0) is 15.2. The van der Waals surface area contributed by atoms with Crippen LogP contribution in [0, 0.1) is 5.82 Å². The first-order chi connectivity index (χ1) is 10.1. The molecule has 0 aromatic heterocycles. The molecule has 2 rings (SSSR count). The summed E-state index contributed by atoms with van der Waals surface area (Å²) in [7, 11) is 3.27. The Morgan fingerprint density at radius 1 is 1.00 bits per heavy atom.